The van der Waals surface area contributed by atoms with Gasteiger partial charge in [-0.1, -0.05) is 37.6 Å². The third-order valence-electron chi connectivity index (χ3n) is 4.94. The fourth-order valence-electron chi connectivity index (χ4n) is 3.54. The number of carbonyl (C=O) groups is 1. The van der Waals surface area contributed by atoms with Gasteiger partial charge in [-0.15, -0.1) is 0 Å². The topological polar surface area (TPSA) is 49.3 Å². The van der Waals surface area contributed by atoms with Crippen molar-refractivity contribution in [2.45, 2.75) is 39.2 Å². The summed E-state index contributed by atoms with van der Waals surface area (Å²) in [6.07, 6.45) is 4.89. The standard InChI is InChI=1S/C21H27ClN4O/c1-14(2)20(27)26-11-6-5-10-18(26)19-17(13-23-21(24-19)25(3)4)15-8-7-9-16(22)12-15/h7-9,12-14,18H,5-6,10-11H2,1-4H3. The summed E-state index contributed by atoms with van der Waals surface area (Å²) in [4.78, 5) is 26.1. The summed E-state index contributed by atoms with van der Waals surface area (Å²) in [7, 11) is 3.85. The smallest absolute Gasteiger partial charge is 0.225 e. The van der Waals surface area contributed by atoms with E-state index in [9.17, 15) is 4.79 Å². The monoisotopic (exact) mass is 386 g/mol. The second kappa shape index (κ2) is 8.26. The Bertz CT molecular complexity index is 822. The van der Waals surface area contributed by atoms with Gasteiger partial charge < -0.3 is 9.80 Å². The van der Waals surface area contributed by atoms with Gasteiger partial charge in [-0.05, 0) is 37.0 Å². The van der Waals surface area contributed by atoms with Crippen LogP contribution in [-0.4, -0.2) is 41.4 Å². The molecule has 1 atom stereocenters. The van der Waals surface area contributed by atoms with Gasteiger partial charge in [0.1, 0.15) is 0 Å². The van der Waals surface area contributed by atoms with Crippen molar-refractivity contribution in [3.8, 4) is 11.1 Å². The van der Waals surface area contributed by atoms with Crippen LogP contribution in [0, 0.1) is 5.92 Å². The number of hydrogen-bond acceptors (Lipinski definition) is 4. The van der Waals surface area contributed by atoms with Gasteiger partial charge in [0.15, 0.2) is 0 Å². The lowest BCUT2D eigenvalue weighted by Gasteiger charge is -2.37. The van der Waals surface area contributed by atoms with Gasteiger partial charge in [0.05, 0.1) is 11.7 Å². The highest BCUT2D eigenvalue weighted by molar-refractivity contribution is 6.30. The molecule has 0 N–H and O–H groups in total. The fourth-order valence-corrected chi connectivity index (χ4v) is 3.73. The minimum atomic E-state index is -0.0377. The minimum absolute atomic E-state index is 0.0321. The van der Waals surface area contributed by atoms with Crippen LogP contribution >= 0.6 is 11.6 Å². The molecular formula is C21H27ClN4O. The number of benzene rings is 1. The van der Waals surface area contributed by atoms with Gasteiger partial charge in [0, 0.05) is 43.3 Å². The highest BCUT2D eigenvalue weighted by atomic mass is 35.5. The van der Waals surface area contributed by atoms with Crippen LogP contribution in [0.2, 0.25) is 5.02 Å². The molecule has 1 amide bonds. The van der Waals surface area contributed by atoms with Crippen molar-refractivity contribution in [2.75, 3.05) is 25.5 Å². The molecule has 0 spiro atoms. The third-order valence-corrected chi connectivity index (χ3v) is 5.17. The highest BCUT2D eigenvalue weighted by Gasteiger charge is 2.32. The summed E-state index contributed by atoms with van der Waals surface area (Å²) in [6.45, 7) is 4.69. The van der Waals surface area contributed by atoms with Gasteiger partial charge in [0.25, 0.3) is 0 Å². The molecule has 1 unspecified atom stereocenters. The number of amides is 1. The Balaban J connectivity index is 2.13. The van der Waals surface area contributed by atoms with E-state index in [2.05, 4.69) is 4.98 Å². The molecule has 1 aliphatic heterocycles. The molecular weight excluding hydrogens is 360 g/mol. The lowest BCUT2D eigenvalue weighted by atomic mass is 9.93. The van der Waals surface area contributed by atoms with Crippen LogP contribution < -0.4 is 4.90 Å². The summed E-state index contributed by atoms with van der Waals surface area (Å²) in [5, 5.41) is 0.675. The van der Waals surface area contributed by atoms with E-state index in [1.54, 1.807) is 0 Å². The van der Waals surface area contributed by atoms with Gasteiger partial charge in [-0.3, -0.25) is 4.79 Å². The highest BCUT2D eigenvalue weighted by Crippen LogP contribution is 2.37. The summed E-state index contributed by atoms with van der Waals surface area (Å²) in [6, 6.07) is 7.69. The van der Waals surface area contributed by atoms with Gasteiger partial charge in [0.2, 0.25) is 11.9 Å². The molecule has 27 heavy (non-hydrogen) atoms. The Labute approximate surface area is 166 Å². The fraction of sp³-hybridized carbons (Fsp3) is 0.476. The second-order valence-corrected chi connectivity index (χ2v) is 8.01. The van der Waals surface area contributed by atoms with Gasteiger partial charge in [-0.2, -0.15) is 0 Å². The van der Waals surface area contributed by atoms with Crippen molar-refractivity contribution in [3.63, 3.8) is 0 Å². The van der Waals surface area contributed by atoms with Gasteiger partial charge in [-0.25, -0.2) is 9.97 Å². The van der Waals surface area contributed by atoms with E-state index in [0.717, 1.165) is 42.6 Å². The molecule has 1 aliphatic rings. The normalized spacial score (nSPS) is 17.3. The summed E-state index contributed by atoms with van der Waals surface area (Å²) in [5.41, 5.74) is 2.83. The number of aromatic nitrogens is 2. The Kier molecular flexibility index (Phi) is 6.00. The SMILES string of the molecule is CC(C)C(=O)N1CCCCC1c1nc(N(C)C)ncc1-c1cccc(Cl)c1. The summed E-state index contributed by atoms with van der Waals surface area (Å²) in [5.74, 6) is 0.801. The summed E-state index contributed by atoms with van der Waals surface area (Å²) >= 11 is 6.22. The van der Waals surface area contributed by atoms with Crippen molar-refractivity contribution in [2.24, 2.45) is 5.92 Å². The first kappa shape index (κ1) is 19.6. The van der Waals surface area contributed by atoms with Crippen LogP contribution in [-0.2, 0) is 4.79 Å². The number of nitrogens with zero attached hydrogens (tertiary/aromatic N) is 4. The molecule has 0 saturated carbocycles. The van der Waals surface area contributed by atoms with Crippen LogP contribution in [0.25, 0.3) is 11.1 Å². The predicted octanol–water partition coefficient (Wildman–Crippen LogP) is 4.57. The van der Waals surface area contributed by atoms with E-state index in [-0.39, 0.29) is 17.9 Å². The number of anilines is 1. The number of carbonyl (C=O) groups excluding carboxylic acids is 1. The lowest BCUT2D eigenvalue weighted by molar-refractivity contribution is -0.138. The van der Waals surface area contributed by atoms with Crippen LogP contribution in [0.5, 0.6) is 0 Å². The van der Waals surface area contributed by atoms with Crippen LogP contribution in [0.4, 0.5) is 5.95 Å². The molecule has 1 aromatic carbocycles. The van der Waals surface area contributed by atoms with Crippen LogP contribution in [0.1, 0.15) is 44.8 Å². The number of halogens is 1. The molecule has 0 aliphatic carbocycles. The largest absolute Gasteiger partial charge is 0.347 e. The van der Waals surface area contributed by atoms with Gasteiger partial charge >= 0.3 is 0 Å². The number of likely N-dealkylation sites (tertiary alicyclic amines) is 1. The average molecular weight is 387 g/mol. The zero-order valence-electron chi connectivity index (χ0n) is 16.4. The van der Waals surface area contributed by atoms with Crippen molar-refractivity contribution < 1.29 is 4.79 Å². The minimum Gasteiger partial charge on any atom is -0.347 e. The van der Waals surface area contributed by atoms with E-state index >= 15 is 0 Å². The average Bonchev–Trinajstić information content (AvgIpc) is 2.66. The zero-order chi connectivity index (χ0) is 19.6. The Morgan fingerprint density at radius 3 is 2.74 bits per heavy atom. The molecule has 1 fully saturated rings. The maximum Gasteiger partial charge on any atom is 0.225 e. The molecule has 0 radical (unpaired) electrons. The van der Waals surface area contributed by atoms with E-state index < -0.39 is 0 Å². The maximum absolute atomic E-state index is 12.9. The Hall–Kier alpha value is -2.14. The van der Waals surface area contributed by atoms with E-state index in [1.807, 2.05) is 68.2 Å². The first-order valence-electron chi connectivity index (χ1n) is 9.49. The second-order valence-electron chi connectivity index (χ2n) is 7.57. The molecule has 6 heteroatoms. The van der Waals surface area contributed by atoms with E-state index in [4.69, 9.17) is 16.6 Å². The van der Waals surface area contributed by atoms with E-state index in [1.165, 1.54) is 0 Å². The molecule has 0 bridgehead atoms. The molecule has 2 heterocycles. The Morgan fingerprint density at radius 1 is 1.30 bits per heavy atom. The van der Waals surface area contributed by atoms with E-state index in [0.29, 0.717) is 11.0 Å². The molecule has 5 nitrogen and oxygen atoms in total. The number of rotatable bonds is 4. The van der Waals surface area contributed by atoms with Crippen molar-refractivity contribution in [1.29, 1.82) is 0 Å². The van der Waals surface area contributed by atoms with Crippen LogP contribution in [0.3, 0.4) is 0 Å². The number of piperidine rings is 1. The first-order chi connectivity index (χ1) is 12.9. The predicted molar refractivity (Wildman–Crippen MR) is 110 cm³/mol. The van der Waals surface area contributed by atoms with Crippen molar-refractivity contribution in [3.05, 3.63) is 41.2 Å². The third kappa shape index (κ3) is 4.24. The molecule has 1 aromatic heterocycles. The maximum atomic E-state index is 12.9. The molecule has 2 aromatic rings. The Morgan fingerprint density at radius 2 is 2.07 bits per heavy atom. The number of hydrogen-bond donors (Lipinski definition) is 0. The van der Waals surface area contributed by atoms with Crippen molar-refractivity contribution >= 4 is 23.5 Å². The summed E-state index contributed by atoms with van der Waals surface area (Å²) < 4.78 is 0. The van der Waals surface area contributed by atoms with Crippen LogP contribution in [0.15, 0.2) is 30.5 Å². The molecule has 144 valence electrons. The molecule has 1 saturated heterocycles. The lowest BCUT2D eigenvalue weighted by Crippen LogP contribution is -2.41. The molecule has 3 rings (SSSR count). The zero-order valence-corrected chi connectivity index (χ0v) is 17.2. The quantitative estimate of drug-likeness (QED) is 0.772. The first-order valence-corrected chi connectivity index (χ1v) is 9.87. The van der Waals surface area contributed by atoms with Crippen molar-refractivity contribution in [1.82, 2.24) is 14.9 Å².